The van der Waals surface area contributed by atoms with E-state index in [0.717, 1.165) is 0 Å². The Kier molecular flexibility index (Phi) is 6.94. The largest absolute Gasteiger partial charge is 0.471 e. The van der Waals surface area contributed by atoms with Crippen molar-refractivity contribution in [3.05, 3.63) is 64.3 Å². The molecule has 1 atom stereocenters. The van der Waals surface area contributed by atoms with Crippen LogP contribution >= 0.6 is 23.2 Å². The molecule has 194 valence electrons. The maximum atomic E-state index is 15.3. The van der Waals surface area contributed by atoms with Crippen LogP contribution in [0.1, 0.15) is 11.8 Å². The lowest BCUT2D eigenvalue weighted by Gasteiger charge is -2.34. The van der Waals surface area contributed by atoms with Crippen LogP contribution in [0.3, 0.4) is 0 Å². The summed E-state index contributed by atoms with van der Waals surface area (Å²) in [6.07, 6.45) is 4.48. The molecule has 0 aliphatic carbocycles. The smallest absolute Gasteiger partial charge is 0.211 e. The molecular weight excluding hydrogens is 544 g/mol. The Hall–Kier alpha value is -3.03. The topological polar surface area (TPSA) is 130 Å². The second-order valence-corrected chi connectivity index (χ2v) is 11.3. The van der Waals surface area contributed by atoms with E-state index in [1.54, 1.807) is 18.2 Å². The summed E-state index contributed by atoms with van der Waals surface area (Å²) in [5.74, 6) is 0.318. The second kappa shape index (κ2) is 10.0. The van der Waals surface area contributed by atoms with Gasteiger partial charge in [-0.3, -0.25) is 15.8 Å². The Morgan fingerprint density at radius 1 is 1.11 bits per heavy atom. The van der Waals surface area contributed by atoms with Gasteiger partial charge in [0.15, 0.2) is 6.23 Å². The average molecular weight is 566 g/mol. The molecule has 1 aromatic carbocycles. The standard InChI is InChI=1S/C23H22Cl2FN7O3S/c1-37(34,35)33-6-4-32(5-7-33)20-9-18(26)15(10-29-20)22-14-8-13(2-3-19(14)30-31-22)36-23(27)21-16(24)11-28-12-17(21)25/h2-3,8-12,23H,4-7,27H2,1H3,(H,30,31)/t23-/m0/s1. The number of H-pyrrole nitrogens is 1. The molecule has 3 N–H and O–H groups in total. The predicted octanol–water partition coefficient (Wildman–Crippen LogP) is 3.58. The summed E-state index contributed by atoms with van der Waals surface area (Å²) in [5, 5.41) is 8.32. The molecule has 3 aromatic heterocycles. The first-order valence-electron chi connectivity index (χ1n) is 11.2. The number of piperazine rings is 1. The molecule has 1 aliphatic rings. The van der Waals surface area contributed by atoms with Crippen molar-refractivity contribution < 1.29 is 17.5 Å². The van der Waals surface area contributed by atoms with Gasteiger partial charge in [-0.05, 0) is 18.2 Å². The fourth-order valence-electron chi connectivity index (χ4n) is 4.19. The number of pyridine rings is 2. The maximum Gasteiger partial charge on any atom is 0.211 e. The number of ether oxygens (including phenoxy) is 1. The number of halogens is 3. The highest BCUT2D eigenvalue weighted by molar-refractivity contribution is 7.88. The van der Waals surface area contributed by atoms with Crippen LogP contribution in [0, 0.1) is 5.82 Å². The maximum absolute atomic E-state index is 15.3. The number of nitrogens with two attached hydrogens (primary N) is 1. The van der Waals surface area contributed by atoms with E-state index in [4.69, 9.17) is 33.7 Å². The van der Waals surface area contributed by atoms with E-state index in [-0.39, 0.29) is 15.6 Å². The Bertz CT molecular complexity index is 1560. The fourth-order valence-corrected chi connectivity index (χ4v) is 5.59. The van der Waals surface area contributed by atoms with E-state index in [2.05, 4.69) is 20.2 Å². The summed E-state index contributed by atoms with van der Waals surface area (Å²) in [6.45, 7) is 1.46. The van der Waals surface area contributed by atoms with Gasteiger partial charge < -0.3 is 9.64 Å². The molecule has 1 aliphatic heterocycles. The molecule has 0 amide bonds. The highest BCUT2D eigenvalue weighted by Gasteiger charge is 2.25. The minimum atomic E-state index is -3.26. The van der Waals surface area contributed by atoms with Crippen molar-refractivity contribution in [2.45, 2.75) is 6.23 Å². The minimum absolute atomic E-state index is 0.200. The van der Waals surface area contributed by atoms with Crippen molar-refractivity contribution >= 4 is 49.9 Å². The molecule has 0 saturated carbocycles. The van der Waals surface area contributed by atoms with Crippen LogP contribution < -0.4 is 15.4 Å². The Labute approximate surface area is 222 Å². The summed E-state index contributed by atoms with van der Waals surface area (Å²) in [4.78, 5) is 10.2. The molecule has 1 saturated heterocycles. The van der Waals surface area contributed by atoms with E-state index >= 15 is 4.39 Å². The third kappa shape index (κ3) is 5.20. The summed E-state index contributed by atoms with van der Waals surface area (Å²) in [6, 6.07) is 6.45. The number of aromatic amines is 1. The first kappa shape index (κ1) is 25.6. The first-order valence-corrected chi connectivity index (χ1v) is 13.8. The molecule has 0 bridgehead atoms. The molecule has 5 rings (SSSR count). The molecular formula is C23H22Cl2FN7O3S. The fraction of sp³-hybridized carbons (Fsp3) is 0.261. The quantitative estimate of drug-likeness (QED) is 0.339. The van der Waals surface area contributed by atoms with Crippen molar-refractivity contribution in [1.82, 2.24) is 24.5 Å². The summed E-state index contributed by atoms with van der Waals surface area (Å²) >= 11 is 12.4. The normalized spacial score (nSPS) is 15.8. The number of rotatable bonds is 6. The Morgan fingerprint density at radius 3 is 2.46 bits per heavy atom. The van der Waals surface area contributed by atoms with Gasteiger partial charge in [-0.1, -0.05) is 23.2 Å². The lowest BCUT2D eigenvalue weighted by atomic mass is 10.1. The van der Waals surface area contributed by atoms with Crippen LogP contribution in [0.5, 0.6) is 5.75 Å². The van der Waals surface area contributed by atoms with E-state index in [9.17, 15) is 8.42 Å². The van der Waals surface area contributed by atoms with Crippen molar-refractivity contribution in [1.29, 1.82) is 0 Å². The molecule has 0 unspecified atom stereocenters. The van der Waals surface area contributed by atoms with Gasteiger partial charge in [0.1, 0.15) is 23.1 Å². The van der Waals surface area contributed by atoms with Crippen LogP contribution in [0.4, 0.5) is 10.2 Å². The van der Waals surface area contributed by atoms with E-state index in [1.165, 1.54) is 35.2 Å². The highest BCUT2D eigenvalue weighted by Crippen LogP contribution is 2.34. The third-order valence-electron chi connectivity index (χ3n) is 6.10. The molecule has 1 fully saturated rings. The zero-order chi connectivity index (χ0) is 26.3. The summed E-state index contributed by atoms with van der Waals surface area (Å²) in [7, 11) is -3.26. The molecule has 4 heterocycles. The first-order chi connectivity index (χ1) is 17.6. The third-order valence-corrected chi connectivity index (χ3v) is 8.00. The van der Waals surface area contributed by atoms with Gasteiger partial charge in [-0.2, -0.15) is 9.40 Å². The Morgan fingerprint density at radius 2 is 1.81 bits per heavy atom. The molecule has 37 heavy (non-hydrogen) atoms. The van der Waals surface area contributed by atoms with Crippen LogP contribution in [0.2, 0.25) is 10.0 Å². The number of benzene rings is 1. The van der Waals surface area contributed by atoms with Crippen molar-refractivity contribution in [2.75, 3.05) is 37.3 Å². The molecule has 14 heteroatoms. The van der Waals surface area contributed by atoms with Gasteiger partial charge in [-0.25, -0.2) is 17.8 Å². The van der Waals surface area contributed by atoms with Crippen LogP contribution in [-0.2, 0) is 10.0 Å². The number of hydrogen-bond donors (Lipinski definition) is 2. The second-order valence-electron chi connectivity index (χ2n) is 8.51. The molecule has 10 nitrogen and oxygen atoms in total. The minimum Gasteiger partial charge on any atom is -0.471 e. The van der Waals surface area contributed by atoms with Gasteiger partial charge in [0, 0.05) is 61.8 Å². The van der Waals surface area contributed by atoms with E-state index in [1.807, 2.05) is 4.90 Å². The number of nitrogens with one attached hydrogen (secondary N) is 1. The summed E-state index contributed by atoms with van der Waals surface area (Å²) < 4.78 is 46.0. The zero-order valence-corrected chi connectivity index (χ0v) is 21.9. The SMILES string of the molecule is CS(=O)(=O)N1CCN(c2cc(F)c(-c3n[nH]c4ccc(O[C@H](N)c5c(Cl)cncc5Cl)cc34)cn2)CC1. The van der Waals surface area contributed by atoms with Crippen LogP contribution in [0.15, 0.2) is 42.9 Å². The van der Waals surface area contributed by atoms with Gasteiger partial charge in [0.25, 0.3) is 0 Å². The number of fused-ring (bicyclic) bond motifs is 1. The Balaban J connectivity index is 1.39. The van der Waals surface area contributed by atoms with E-state index < -0.39 is 22.1 Å². The summed E-state index contributed by atoms with van der Waals surface area (Å²) in [5.41, 5.74) is 7.80. The highest BCUT2D eigenvalue weighted by atomic mass is 35.5. The monoisotopic (exact) mass is 565 g/mol. The average Bonchev–Trinajstić information content (AvgIpc) is 3.26. The predicted molar refractivity (Wildman–Crippen MR) is 140 cm³/mol. The lowest BCUT2D eigenvalue weighted by Crippen LogP contribution is -2.48. The number of aromatic nitrogens is 4. The molecule has 0 spiro atoms. The van der Waals surface area contributed by atoms with Gasteiger partial charge in [0.2, 0.25) is 10.0 Å². The van der Waals surface area contributed by atoms with Crippen LogP contribution in [0.25, 0.3) is 22.2 Å². The number of sulfonamides is 1. The van der Waals surface area contributed by atoms with Crippen LogP contribution in [-0.4, -0.2) is 65.3 Å². The number of hydrogen-bond acceptors (Lipinski definition) is 8. The van der Waals surface area contributed by atoms with Gasteiger partial charge >= 0.3 is 0 Å². The van der Waals surface area contributed by atoms with Gasteiger partial charge in [0.05, 0.1) is 27.4 Å². The lowest BCUT2D eigenvalue weighted by molar-refractivity contribution is 0.214. The molecule has 4 aromatic rings. The molecule has 0 radical (unpaired) electrons. The number of anilines is 1. The van der Waals surface area contributed by atoms with Gasteiger partial charge in [-0.15, -0.1) is 0 Å². The van der Waals surface area contributed by atoms with Crippen molar-refractivity contribution in [3.63, 3.8) is 0 Å². The van der Waals surface area contributed by atoms with E-state index in [0.29, 0.717) is 59.9 Å². The van der Waals surface area contributed by atoms with Crippen molar-refractivity contribution in [3.8, 4) is 17.0 Å². The number of nitrogens with zero attached hydrogens (tertiary/aromatic N) is 5. The zero-order valence-electron chi connectivity index (χ0n) is 19.5. The van der Waals surface area contributed by atoms with Crippen molar-refractivity contribution in [2.24, 2.45) is 5.73 Å².